The number of allylic oxidation sites excluding steroid dienone is 2. The van der Waals surface area contributed by atoms with Crippen molar-refractivity contribution in [2.75, 3.05) is 5.43 Å². The lowest BCUT2D eigenvalue weighted by Crippen LogP contribution is -2.33. The second-order valence-corrected chi connectivity index (χ2v) is 4.72. The number of aromatic carboxylic acids is 1. The van der Waals surface area contributed by atoms with Crippen molar-refractivity contribution in [1.82, 2.24) is 0 Å². The fourth-order valence-electron chi connectivity index (χ4n) is 2.48. The van der Waals surface area contributed by atoms with Crippen molar-refractivity contribution < 1.29 is 9.90 Å². The van der Waals surface area contributed by atoms with Gasteiger partial charge >= 0.3 is 0 Å². The molecule has 1 N–H and O–H groups in total. The van der Waals surface area contributed by atoms with Crippen LogP contribution in [0.25, 0.3) is 0 Å². The maximum Gasteiger partial charge on any atom is 0.0715 e. The number of hydrazone groups is 1. The van der Waals surface area contributed by atoms with Crippen molar-refractivity contribution in [1.29, 1.82) is 0 Å². The zero-order valence-corrected chi connectivity index (χ0v) is 9.80. The maximum atomic E-state index is 10.6. The van der Waals surface area contributed by atoms with Crippen LogP contribution in [0, 0.1) is 11.8 Å². The van der Waals surface area contributed by atoms with Gasteiger partial charge in [0.2, 0.25) is 0 Å². The lowest BCUT2D eigenvalue weighted by atomic mass is 9.74. The molecular weight excluding hydrogens is 228 g/mol. The summed E-state index contributed by atoms with van der Waals surface area (Å²) in [7, 11) is 0. The molecule has 1 fully saturated rings. The van der Waals surface area contributed by atoms with Gasteiger partial charge in [0.1, 0.15) is 0 Å². The molecule has 0 aromatic heterocycles. The summed E-state index contributed by atoms with van der Waals surface area (Å²) in [5, 5.41) is 15.0. The largest absolute Gasteiger partial charge is 0.545 e. The Morgan fingerprint density at radius 1 is 1.33 bits per heavy atom. The Labute approximate surface area is 105 Å². The van der Waals surface area contributed by atoms with E-state index in [1.165, 1.54) is 17.8 Å². The predicted octanol–water partition coefficient (Wildman–Crippen LogP) is 1.41. The van der Waals surface area contributed by atoms with Gasteiger partial charge in [-0.05, 0) is 36.5 Å². The van der Waals surface area contributed by atoms with Crippen molar-refractivity contribution in [2.45, 2.75) is 12.8 Å². The van der Waals surface area contributed by atoms with E-state index in [-0.39, 0.29) is 5.56 Å². The maximum absolute atomic E-state index is 10.6. The van der Waals surface area contributed by atoms with Crippen LogP contribution in [-0.2, 0) is 0 Å². The summed E-state index contributed by atoms with van der Waals surface area (Å²) in [6, 6.07) is 6.41. The topological polar surface area (TPSA) is 64.5 Å². The zero-order valence-electron chi connectivity index (χ0n) is 9.80. The molecule has 1 aromatic rings. The van der Waals surface area contributed by atoms with Crippen LogP contribution in [0.5, 0.6) is 0 Å². The predicted molar refractivity (Wildman–Crippen MR) is 67.2 cm³/mol. The number of carboxylic acid groups (broad SMARTS) is 1. The standard InChI is InChI=1S/C14H14N2O2/c17-14(18)9-4-6-11(7-5-9)15-16-13-8-10-2-1-3-12(10)13/h1-2,4-7,10,12,15H,3,8H2,(H,17,18)/p-1/b16-13-/t10-,12-/m0/s1. The van der Waals surface area contributed by atoms with E-state index in [4.69, 9.17) is 0 Å². The second-order valence-electron chi connectivity index (χ2n) is 4.72. The quantitative estimate of drug-likeness (QED) is 0.643. The van der Waals surface area contributed by atoms with Gasteiger partial charge in [-0.25, -0.2) is 0 Å². The third kappa shape index (κ3) is 1.90. The van der Waals surface area contributed by atoms with Gasteiger partial charge in [0.05, 0.1) is 11.7 Å². The van der Waals surface area contributed by atoms with Crippen LogP contribution in [0.15, 0.2) is 41.5 Å². The molecule has 92 valence electrons. The number of rotatable bonds is 3. The van der Waals surface area contributed by atoms with Crippen LogP contribution in [-0.4, -0.2) is 11.7 Å². The smallest absolute Gasteiger partial charge is 0.0715 e. The molecule has 4 heteroatoms. The molecule has 3 rings (SSSR count). The molecule has 0 aliphatic heterocycles. The number of carbonyl (C=O) groups is 1. The highest BCUT2D eigenvalue weighted by Crippen LogP contribution is 2.40. The third-order valence-corrected chi connectivity index (χ3v) is 3.61. The lowest BCUT2D eigenvalue weighted by molar-refractivity contribution is -0.255. The fraction of sp³-hybridized carbons (Fsp3) is 0.286. The molecule has 0 unspecified atom stereocenters. The first-order chi connectivity index (χ1) is 8.74. The minimum absolute atomic E-state index is 0.178. The summed E-state index contributed by atoms with van der Waals surface area (Å²) in [5.74, 6) is 0.109. The van der Waals surface area contributed by atoms with E-state index in [9.17, 15) is 9.90 Å². The summed E-state index contributed by atoms with van der Waals surface area (Å²) in [6.45, 7) is 0. The van der Waals surface area contributed by atoms with Gasteiger partial charge in [0, 0.05) is 11.6 Å². The highest BCUT2D eigenvalue weighted by molar-refractivity contribution is 5.94. The van der Waals surface area contributed by atoms with Crippen molar-refractivity contribution in [2.24, 2.45) is 16.9 Å². The van der Waals surface area contributed by atoms with Crippen LogP contribution in [0.2, 0.25) is 0 Å². The number of carboxylic acids is 1. The van der Waals surface area contributed by atoms with E-state index in [0.29, 0.717) is 11.8 Å². The molecule has 0 amide bonds. The van der Waals surface area contributed by atoms with Gasteiger partial charge < -0.3 is 9.90 Å². The summed E-state index contributed by atoms with van der Waals surface area (Å²) < 4.78 is 0. The van der Waals surface area contributed by atoms with E-state index in [1.807, 2.05) is 0 Å². The molecule has 2 aliphatic carbocycles. The van der Waals surface area contributed by atoms with Gasteiger partial charge in [-0.2, -0.15) is 5.10 Å². The van der Waals surface area contributed by atoms with Crippen LogP contribution in [0.4, 0.5) is 5.69 Å². The van der Waals surface area contributed by atoms with Crippen molar-refractivity contribution in [3.05, 3.63) is 42.0 Å². The average molecular weight is 241 g/mol. The lowest BCUT2D eigenvalue weighted by Gasteiger charge is -2.31. The number of anilines is 1. The van der Waals surface area contributed by atoms with E-state index >= 15 is 0 Å². The Kier molecular flexibility index (Phi) is 2.63. The molecule has 0 saturated heterocycles. The van der Waals surface area contributed by atoms with Crippen LogP contribution < -0.4 is 10.5 Å². The van der Waals surface area contributed by atoms with Gasteiger partial charge in [0.15, 0.2) is 0 Å². The number of hydrogen-bond donors (Lipinski definition) is 1. The Morgan fingerprint density at radius 3 is 2.78 bits per heavy atom. The molecule has 0 heterocycles. The monoisotopic (exact) mass is 241 g/mol. The van der Waals surface area contributed by atoms with Crippen LogP contribution in [0.1, 0.15) is 23.2 Å². The number of fused-ring (bicyclic) bond motifs is 1. The SMILES string of the molecule is O=C([O-])c1ccc(N/N=C2/C[C@@H]3C=CC[C@H]23)cc1. The summed E-state index contributed by atoms with van der Waals surface area (Å²) in [6.07, 6.45) is 6.60. The van der Waals surface area contributed by atoms with Crippen molar-refractivity contribution in [3.8, 4) is 0 Å². The number of carbonyl (C=O) groups excluding carboxylic acids is 1. The number of hydrogen-bond acceptors (Lipinski definition) is 4. The minimum atomic E-state index is -1.16. The normalized spacial score (nSPS) is 26.8. The first-order valence-electron chi connectivity index (χ1n) is 6.04. The fourth-order valence-corrected chi connectivity index (χ4v) is 2.48. The molecule has 2 aliphatic rings. The molecule has 0 bridgehead atoms. The van der Waals surface area contributed by atoms with Gasteiger partial charge in [-0.15, -0.1) is 0 Å². The number of benzene rings is 1. The van der Waals surface area contributed by atoms with E-state index in [1.54, 1.807) is 12.1 Å². The highest BCUT2D eigenvalue weighted by atomic mass is 16.4. The number of nitrogens with zero attached hydrogens (tertiary/aromatic N) is 1. The molecule has 0 spiro atoms. The molecule has 0 radical (unpaired) electrons. The summed E-state index contributed by atoms with van der Waals surface area (Å²) >= 11 is 0. The van der Waals surface area contributed by atoms with Crippen molar-refractivity contribution >= 4 is 17.4 Å². The van der Waals surface area contributed by atoms with Crippen molar-refractivity contribution in [3.63, 3.8) is 0 Å². The highest BCUT2D eigenvalue weighted by Gasteiger charge is 2.37. The first-order valence-corrected chi connectivity index (χ1v) is 6.04. The van der Waals surface area contributed by atoms with Crippen LogP contribution in [0.3, 0.4) is 0 Å². The molecule has 4 nitrogen and oxygen atoms in total. The molecular formula is C14H13N2O2-. The molecule has 1 aromatic carbocycles. The van der Waals surface area contributed by atoms with E-state index in [2.05, 4.69) is 22.7 Å². The van der Waals surface area contributed by atoms with E-state index < -0.39 is 5.97 Å². The Morgan fingerprint density at radius 2 is 2.11 bits per heavy atom. The molecule has 2 atom stereocenters. The Hall–Kier alpha value is -2.10. The van der Waals surface area contributed by atoms with Gasteiger partial charge in [0.25, 0.3) is 0 Å². The zero-order chi connectivity index (χ0) is 12.5. The summed E-state index contributed by atoms with van der Waals surface area (Å²) in [4.78, 5) is 10.6. The first kappa shape index (κ1) is 11.0. The minimum Gasteiger partial charge on any atom is -0.545 e. The second kappa shape index (κ2) is 4.29. The summed E-state index contributed by atoms with van der Waals surface area (Å²) in [5.41, 5.74) is 5.15. The Balaban J connectivity index is 1.63. The third-order valence-electron chi connectivity index (χ3n) is 3.61. The van der Waals surface area contributed by atoms with E-state index in [0.717, 1.165) is 18.5 Å². The molecule has 1 saturated carbocycles. The van der Waals surface area contributed by atoms with Gasteiger partial charge in [-0.1, -0.05) is 24.3 Å². The average Bonchev–Trinajstić information content (AvgIpc) is 2.72. The molecule has 18 heavy (non-hydrogen) atoms. The number of nitrogens with one attached hydrogen (secondary N) is 1. The Bertz CT molecular complexity index is 531. The van der Waals surface area contributed by atoms with Gasteiger partial charge in [-0.3, -0.25) is 5.43 Å². The van der Waals surface area contributed by atoms with Crippen LogP contribution >= 0.6 is 0 Å².